The third kappa shape index (κ3) is 4.83. The molecule has 25 heavy (non-hydrogen) atoms. The van der Waals surface area contributed by atoms with Crippen molar-refractivity contribution in [2.75, 3.05) is 18.4 Å². The number of carbonyl (C=O) groups excluding carboxylic acids is 2. The average Bonchev–Trinajstić information content (AvgIpc) is 2.68. The maximum absolute atomic E-state index is 12.4. The van der Waals surface area contributed by atoms with Gasteiger partial charge in [-0.05, 0) is 30.5 Å². The molecule has 1 saturated heterocycles. The van der Waals surface area contributed by atoms with Gasteiger partial charge < -0.3 is 15.5 Å². The summed E-state index contributed by atoms with van der Waals surface area (Å²) in [5, 5.41) is 5.86. The van der Waals surface area contributed by atoms with Gasteiger partial charge in [-0.3, -0.25) is 4.79 Å². The number of para-hydroxylation sites is 1. The predicted octanol–water partition coefficient (Wildman–Crippen LogP) is 3.25. The van der Waals surface area contributed by atoms with Crippen LogP contribution in [0.2, 0.25) is 0 Å². The van der Waals surface area contributed by atoms with E-state index in [0.717, 1.165) is 24.1 Å². The first kappa shape index (κ1) is 17.0. The number of urea groups is 1. The van der Waals surface area contributed by atoms with Gasteiger partial charge in [-0.15, -0.1) is 0 Å². The van der Waals surface area contributed by atoms with Crippen molar-refractivity contribution in [2.45, 2.75) is 19.4 Å². The van der Waals surface area contributed by atoms with Crippen LogP contribution in [0.4, 0.5) is 10.5 Å². The second kappa shape index (κ2) is 8.33. The molecule has 0 saturated carbocycles. The van der Waals surface area contributed by atoms with Crippen molar-refractivity contribution in [3.05, 3.63) is 66.2 Å². The molecule has 1 aliphatic heterocycles. The number of hydrogen-bond acceptors (Lipinski definition) is 2. The smallest absolute Gasteiger partial charge is 0.321 e. The molecule has 3 rings (SSSR count). The minimum absolute atomic E-state index is 0.0149. The summed E-state index contributed by atoms with van der Waals surface area (Å²) in [5.41, 5.74) is 1.84. The molecule has 2 aromatic rings. The highest BCUT2D eigenvalue weighted by Gasteiger charge is 2.28. The van der Waals surface area contributed by atoms with Gasteiger partial charge in [-0.1, -0.05) is 48.5 Å². The van der Waals surface area contributed by atoms with Gasteiger partial charge in [0.15, 0.2) is 0 Å². The van der Waals surface area contributed by atoms with Crippen molar-refractivity contribution in [1.82, 2.24) is 10.2 Å². The molecule has 2 aromatic carbocycles. The van der Waals surface area contributed by atoms with E-state index in [1.807, 2.05) is 60.7 Å². The van der Waals surface area contributed by atoms with E-state index in [9.17, 15) is 9.59 Å². The maximum atomic E-state index is 12.4. The Balaban J connectivity index is 1.51. The Morgan fingerprint density at radius 1 is 1.00 bits per heavy atom. The number of carbonyl (C=O) groups is 2. The third-order valence-corrected chi connectivity index (χ3v) is 4.41. The Morgan fingerprint density at radius 2 is 1.68 bits per heavy atom. The third-order valence-electron chi connectivity index (χ3n) is 4.41. The molecule has 5 nitrogen and oxygen atoms in total. The monoisotopic (exact) mass is 337 g/mol. The van der Waals surface area contributed by atoms with Crippen molar-refractivity contribution < 1.29 is 9.59 Å². The quantitative estimate of drug-likeness (QED) is 0.900. The fourth-order valence-electron chi connectivity index (χ4n) is 3.03. The molecular weight excluding hydrogens is 314 g/mol. The van der Waals surface area contributed by atoms with Crippen LogP contribution < -0.4 is 10.6 Å². The first-order valence-electron chi connectivity index (χ1n) is 8.65. The molecule has 0 bridgehead atoms. The SMILES string of the molecule is O=C(NCc1ccccc1)[C@H]1CCCN(C(=O)Nc2ccccc2)C1. The molecule has 130 valence electrons. The van der Waals surface area contributed by atoms with Crippen LogP contribution in [-0.4, -0.2) is 29.9 Å². The van der Waals surface area contributed by atoms with E-state index in [2.05, 4.69) is 10.6 Å². The summed E-state index contributed by atoms with van der Waals surface area (Å²) in [6, 6.07) is 19.1. The second-order valence-electron chi connectivity index (χ2n) is 6.28. The lowest BCUT2D eigenvalue weighted by molar-refractivity contribution is -0.126. The first-order valence-corrected chi connectivity index (χ1v) is 8.65. The highest BCUT2D eigenvalue weighted by molar-refractivity contribution is 5.90. The van der Waals surface area contributed by atoms with Crippen molar-refractivity contribution in [2.24, 2.45) is 5.92 Å². The predicted molar refractivity (Wildman–Crippen MR) is 98.0 cm³/mol. The lowest BCUT2D eigenvalue weighted by Gasteiger charge is -2.32. The van der Waals surface area contributed by atoms with E-state index in [-0.39, 0.29) is 17.9 Å². The topological polar surface area (TPSA) is 61.4 Å². The van der Waals surface area contributed by atoms with Crippen LogP contribution in [0.3, 0.4) is 0 Å². The number of nitrogens with zero attached hydrogens (tertiary/aromatic N) is 1. The number of hydrogen-bond donors (Lipinski definition) is 2. The summed E-state index contributed by atoms with van der Waals surface area (Å²) < 4.78 is 0. The van der Waals surface area contributed by atoms with Crippen molar-refractivity contribution >= 4 is 17.6 Å². The first-order chi connectivity index (χ1) is 12.2. The summed E-state index contributed by atoms with van der Waals surface area (Å²) in [6.07, 6.45) is 1.65. The van der Waals surface area contributed by atoms with E-state index in [4.69, 9.17) is 0 Å². The van der Waals surface area contributed by atoms with Crippen LogP contribution in [0, 0.1) is 5.92 Å². The van der Waals surface area contributed by atoms with Gasteiger partial charge in [-0.25, -0.2) is 4.79 Å². The van der Waals surface area contributed by atoms with Gasteiger partial charge >= 0.3 is 6.03 Å². The highest BCUT2D eigenvalue weighted by Crippen LogP contribution is 2.18. The molecule has 3 amide bonds. The minimum Gasteiger partial charge on any atom is -0.352 e. The van der Waals surface area contributed by atoms with Gasteiger partial charge in [0, 0.05) is 25.3 Å². The summed E-state index contributed by atoms with van der Waals surface area (Å²) in [6.45, 7) is 1.66. The number of piperidine rings is 1. The molecule has 5 heteroatoms. The molecule has 0 spiro atoms. The summed E-state index contributed by atoms with van der Waals surface area (Å²) in [4.78, 5) is 26.6. The molecular formula is C20H23N3O2. The summed E-state index contributed by atoms with van der Waals surface area (Å²) >= 11 is 0. The minimum atomic E-state index is -0.154. The lowest BCUT2D eigenvalue weighted by Crippen LogP contribution is -2.46. The van der Waals surface area contributed by atoms with E-state index in [0.29, 0.717) is 19.6 Å². The Bertz CT molecular complexity index is 703. The largest absolute Gasteiger partial charge is 0.352 e. The number of likely N-dealkylation sites (tertiary alicyclic amines) is 1. The van der Waals surface area contributed by atoms with Crippen LogP contribution >= 0.6 is 0 Å². The molecule has 2 N–H and O–H groups in total. The zero-order valence-corrected chi connectivity index (χ0v) is 14.2. The summed E-state index contributed by atoms with van der Waals surface area (Å²) in [5.74, 6) is -0.139. The van der Waals surface area contributed by atoms with Crippen molar-refractivity contribution in [3.8, 4) is 0 Å². The van der Waals surface area contributed by atoms with Crippen LogP contribution in [0.15, 0.2) is 60.7 Å². The molecule has 1 heterocycles. The van der Waals surface area contributed by atoms with E-state index >= 15 is 0 Å². The molecule has 0 aliphatic carbocycles. The van der Waals surface area contributed by atoms with Crippen LogP contribution in [0.1, 0.15) is 18.4 Å². The number of benzene rings is 2. The molecule has 1 atom stereocenters. The number of nitrogens with one attached hydrogen (secondary N) is 2. The molecule has 1 fully saturated rings. The van der Waals surface area contributed by atoms with E-state index in [1.165, 1.54) is 0 Å². The average molecular weight is 337 g/mol. The Labute approximate surface area is 148 Å². The fraction of sp³-hybridized carbons (Fsp3) is 0.300. The Kier molecular flexibility index (Phi) is 5.67. The fourth-order valence-corrected chi connectivity index (χ4v) is 3.03. The maximum Gasteiger partial charge on any atom is 0.321 e. The van der Waals surface area contributed by atoms with Gasteiger partial charge in [-0.2, -0.15) is 0 Å². The zero-order chi connectivity index (χ0) is 17.5. The molecule has 1 aliphatic rings. The van der Waals surface area contributed by atoms with Gasteiger partial charge in [0.25, 0.3) is 0 Å². The van der Waals surface area contributed by atoms with E-state index in [1.54, 1.807) is 4.90 Å². The Hall–Kier alpha value is -2.82. The van der Waals surface area contributed by atoms with Gasteiger partial charge in [0.1, 0.15) is 0 Å². The van der Waals surface area contributed by atoms with Gasteiger partial charge in [0.05, 0.1) is 5.92 Å². The molecule has 0 radical (unpaired) electrons. The standard InChI is InChI=1S/C20H23N3O2/c24-19(21-14-16-8-3-1-4-9-16)17-10-7-13-23(15-17)20(25)22-18-11-5-2-6-12-18/h1-6,8-9,11-12,17H,7,10,13-15H2,(H,21,24)(H,22,25)/t17-/m0/s1. The zero-order valence-electron chi connectivity index (χ0n) is 14.2. The molecule has 0 unspecified atom stereocenters. The van der Waals surface area contributed by atoms with Gasteiger partial charge in [0.2, 0.25) is 5.91 Å². The van der Waals surface area contributed by atoms with Crippen LogP contribution in [0.25, 0.3) is 0 Å². The van der Waals surface area contributed by atoms with Crippen molar-refractivity contribution in [1.29, 1.82) is 0 Å². The van der Waals surface area contributed by atoms with Crippen LogP contribution in [-0.2, 0) is 11.3 Å². The number of anilines is 1. The number of rotatable bonds is 4. The van der Waals surface area contributed by atoms with Crippen molar-refractivity contribution in [3.63, 3.8) is 0 Å². The summed E-state index contributed by atoms with van der Waals surface area (Å²) in [7, 11) is 0. The van der Waals surface area contributed by atoms with E-state index < -0.39 is 0 Å². The van der Waals surface area contributed by atoms with Crippen LogP contribution in [0.5, 0.6) is 0 Å². The normalized spacial score (nSPS) is 17.0. The Morgan fingerprint density at radius 3 is 2.40 bits per heavy atom. The molecule has 0 aromatic heterocycles. The highest BCUT2D eigenvalue weighted by atomic mass is 16.2. The second-order valence-corrected chi connectivity index (χ2v) is 6.28. The number of amides is 3. The lowest BCUT2D eigenvalue weighted by atomic mass is 9.97.